The first-order valence-corrected chi connectivity index (χ1v) is 9.09. The van der Waals surface area contributed by atoms with E-state index in [1.54, 1.807) is 0 Å². The van der Waals surface area contributed by atoms with Crippen molar-refractivity contribution in [2.45, 2.75) is 5.60 Å². The number of rotatable bonds is 7. The molecule has 0 heterocycles. The molecule has 0 aliphatic heterocycles. The molecule has 0 spiro atoms. The summed E-state index contributed by atoms with van der Waals surface area (Å²) in [7, 11) is 0. The fraction of sp³-hybridized carbons (Fsp3) is 0.160. The summed E-state index contributed by atoms with van der Waals surface area (Å²) in [6.07, 6.45) is 0. The average molecular weight is 367 g/mol. The molecular formula is C25H21NO2. The van der Waals surface area contributed by atoms with Crippen LogP contribution in [0.15, 0.2) is 91.0 Å². The van der Waals surface area contributed by atoms with Crippen LogP contribution < -0.4 is 0 Å². The first-order valence-electron chi connectivity index (χ1n) is 9.09. The Morgan fingerprint density at radius 3 is 1.46 bits per heavy atom. The fourth-order valence-electron chi connectivity index (χ4n) is 3.16. The summed E-state index contributed by atoms with van der Waals surface area (Å²) in [5, 5.41) is 8.51. The Morgan fingerprint density at radius 1 is 0.607 bits per heavy atom. The number of ether oxygens (including phenoxy) is 2. The molecule has 3 aromatic rings. The second-order valence-corrected chi connectivity index (χ2v) is 6.07. The highest BCUT2D eigenvalue weighted by Crippen LogP contribution is 2.40. The molecule has 0 atom stereocenters. The zero-order chi connectivity index (χ0) is 19.5. The van der Waals surface area contributed by atoms with E-state index in [1.165, 1.54) is 0 Å². The van der Waals surface area contributed by atoms with Crippen LogP contribution in [0.2, 0.25) is 0 Å². The van der Waals surface area contributed by atoms with Gasteiger partial charge in [-0.05, 0) is 16.7 Å². The van der Waals surface area contributed by atoms with Crippen LogP contribution in [-0.2, 0) is 15.1 Å². The standard InChI is InChI=1S/C25H21NO2/c26-18-21-27-19-10-11-20-28-25(22-12-4-1-5-13-22,23-14-6-2-7-15-23)24-16-8-3-9-17-24/h1-9,12-17H,19-21H2. The Morgan fingerprint density at radius 2 is 1.04 bits per heavy atom. The number of nitriles is 1. The minimum Gasteiger partial charge on any atom is -0.354 e. The summed E-state index contributed by atoms with van der Waals surface area (Å²) >= 11 is 0. The predicted molar refractivity (Wildman–Crippen MR) is 109 cm³/mol. The van der Waals surface area contributed by atoms with Gasteiger partial charge in [-0.15, -0.1) is 0 Å². The van der Waals surface area contributed by atoms with Gasteiger partial charge < -0.3 is 9.47 Å². The fourth-order valence-corrected chi connectivity index (χ4v) is 3.16. The van der Waals surface area contributed by atoms with Crippen molar-refractivity contribution in [3.8, 4) is 17.9 Å². The third-order valence-electron chi connectivity index (χ3n) is 4.37. The van der Waals surface area contributed by atoms with Crippen molar-refractivity contribution in [3.05, 3.63) is 108 Å². The quantitative estimate of drug-likeness (QED) is 0.350. The lowest BCUT2D eigenvalue weighted by molar-refractivity contribution is 0.0352. The maximum Gasteiger partial charge on any atom is 0.145 e. The van der Waals surface area contributed by atoms with Gasteiger partial charge in [0, 0.05) is 0 Å². The van der Waals surface area contributed by atoms with E-state index in [4.69, 9.17) is 14.7 Å². The van der Waals surface area contributed by atoms with Crippen molar-refractivity contribution in [1.29, 1.82) is 5.26 Å². The minimum absolute atomic E-state index is 0.0392. The van der Waals surface area contributed by atoms with E-state index in [0.29, 0.717) is 0 Å². The van der Waals surface area contributed by atoms with E-state index >= 15 is 0 Å². The van der Waals surface area contributed by atoms with Gasteiger partial charge in [-0.1, -0.05) is 103 Å². The van der Waals surface area contributed by atoms with E-state index < -0.39 is 5.60 Å². The molecule has 0 saturated heterocycles. The molecule has 0 saturated carbocycles. The van der Waals surface area contributed by atoms with Crippen molar-refractivity contribution >= 4 is 0 Å². The van der Waals surface area contributed by atoms with Crippen LogP contribution >= 0.6 is 0 Å². The van der Waals surface area contributed by atoms with Crippen molar-refractivity contribution in [3.63, 3.8) is 0 Å². The van der Waals surface area contributed by atoms with Gasteiger partial charge in [-0.2, -0.15) is 5.26 Å². The summed E-state index contributed by atoms with van der Waals surface area (Å²) in [6.45, 7) is 0.484. The highest BCUT2D eigenvalue weighted by molar-refractivity contribution is 5.47. The second-order valence-electron chi connectivity index (χ2n) is 6.07. The Hall–Kier alpha value is -3.37. The first kappa shape index (κ1) is 19.4. The molecule has 0 aromatic heterocycles. The lowest BCUT2D eigenvalue weighted by atomic mass is 9.80. The highest BCUT2D eigenvalue weighted by Gasteiger charge is 2.37. The van der Waals surface area contributed by atoms with Gasteiger partial charge in [0.15, 0.2) is 0 Å². The molecule has 0 unspecified atom stereocenters. The minimum atomic E-state index is -0.772. The van der Waals surface area contributed by atoms with Crippen LogP contribution in [0.4, 0.5) is 0 Å². The lowest BCUT2D eigenvalue weighted by Gasteiger charge is -2.35. The van der Waals surface area contributed by atoms with Crippen LogP contribution in [0.1, 0.15) is 16.7 Å². The van der Waals surface area contributed by atoms with Gasteiger partial charge in [-0.3, -0.25) is 0 Å². The Bertz CT molecular complexity index is 855. The predicted octanol–water partition coefficient (Wildman–Crippen LogP) is 4.54. The Kier molecular flexibility index (Phi) is 6.99. The number of hydrogen-bond acceptors (Lipinski definition) is 3. The van der Waals surface area contributed by atoms with E-state index in [2.05, 4.69) is 48.2 Å². The maximum atomic E-state index is 8.51. The largest absolute Gasteiger partial charge is 0.354 e. The molecule has 0 N–H and O–H groups in total. The monoisotopic (exact) mass is 367 g/mol. The zero-order valence-electron chi connectivity index (χ0n) is 15.5. The smallest absolute Gasteiger partial charge is 0.145 e. The number of nitrogens with zero attached hydrogens (tertiary/aromatic N) is 1. The molecule has 0 aliphatic rings. The highest BCUT2D eigenvalue weighted by atomic mass is 16.5. The summed E-state index contributed by atoms with van der Waals surface area (Å²) in [4.78, 5) is 0. The molecule has 28 heavy (non-hydrogen) atoms. The molecule has 3 aromatic carbocycles. The normalized spacial score (nSPS) is 10.5. The lowest BCUT2D eigenvalue weighted by Crippen LogP contribution is -2.33. The summed E-state index contributed by atoms with van der Waals surface area (Å²) in [5.74, 6) is 5.90. The zero-order valence-corrected chi connectivity index (χ0v) is 15.5. The molecule has 3 rings (SSSR count). The first-order chi connectivity index (χ1) is 13.9. The molecule has 3 nitrogen and oxygen atoms in total. The van der Waals surface area contributed by atoms with E-state index in [-0.39, 0.29) is 19.8 Å². The third-order valence-corrected chi connectivity index (χ3v) is 4.37. The van der Waals surface area contributed by atoms with Gasteiger partial charge in [0.25, 0.3) is 0 Å². The molecule has 0 radical (unpaired) electrons. The molecular weight excluding hydrogens is 346 g/mol. The summed E-state index contributed by atoms with van der Waals surface area (Å²) in [6, 6.07) is 32.4. The topological polar surface area (TPSA) is 42.2 Å². The molecule has 0 aliphatic carbocycles. The van der Waals surface area contributed by atoms with Gasteiger partial charge in [0.1, 0.15) is 25.4 Å². The number of hydrogen-bond donors (Lipinski definition) is 0. The Labute approximate surface area is 166 Å². The second kappa shape index (κ2) is 10.1. The Balaban J connectivity index is 2.01. The van der Waals surface area contributed by atoms with Crippen molar-refractivity contribution < 1.29 is 9.47 Å². The van der Waals surface area contributed by atoms with Crippen molar-refractivity contribution in [1.82, 2.24) is 0 Å². The third kappa shape index (κ3) is 4.48. The molecule has 0 amide bonds. The van der Waals surface area contributed by atoms with E-state index in [0.717, 1.165) is 16.7 Å². The molecule has 138 valence electrons. The van der Waals surface area contributed by atoms with E-state index in [9.17, 15) is 0 Å². The SMILES string of the molecule is N#CCOCC#CCOC(c1ccccc1)(c1ccccc1)c1ccccc1. The van der Waals surface area contributed by atoms with Crippen LogP contribution in [-0.4, -0.2) is 19.8 Å². The van der Waals surface area contributed by atoms with E-state index in [1.807, 2.05) is 60.7 Å². The van der Waals surface area contributed by atoms with Crippen LogP contribution in [0.5, 0.6) is 0 Å². The molecule has 0 bridgehead atoms. The van der Waals surface area contributed by atoms with Gasteiger partial charge in [0.2, 0.25) is 0 Å². The maximum absolute atomic E-state index is 8.51. The van der Waals surface area contributed by atoms with Crippen molar-refractivity contribution in [2.75, 3.05) is 19.8 Å². The van der Waals surface area contributed by atoms with Crippen LogP contribution in [0.3, 0.4) is 0 Å². The van der Waals surface area contributed by atoms with Gasteiger partial charge in [0.05, 0.1) is 6.07 Å². The number of benzene rings is 3. The van der Waals surface area contributed by atoms with Gasteiger partial charge in [-0.25, -0.2) is 0 Å². The average Bonchev–Trinajstić information content (AvgIpc) is 2.78. The summed E-state index contributed by atoms with van der Waals surface area (Å²) in [5.41, 5.74) is 2.34. The van der Waals surface area contributed by atoms with Crippen LogP contribution in [0.25, 0.3) is 0 Å². The molecule has 0 fully saturated rings. The molecule has 3 heteroatoms. The van der Waals surface area contributed by atoms with Crippen molar-refractivity contribution in [2.24, 2.45) is 0 Å². The van der Waals surface area contributed by atoms with Gasteiger partial charge >= 0.3 is 0 Å². The summed E-state index contributed by atoms with van der Waals surface area (Å²) < 4.78 is 11.6. The van der Waals surface area contributed by atoms with Crippen LogP contribution in [0, 0.1) is 23.2 Å².